The fraction of sp³-hybridized carbons (Fsp3) is 0.250. The van der Waals surface area contributed by atoms with Gasteiger partial charge in [0, 0.05) is 11.1 Å². The molecule has 32 heavy (non-hydrogen) atoms. The van der Waals surface area contributed by atoms with Crippen molar-refractivity contribution in [3.63, 3.8) is 0 Å². The summed E-state index contributed by atoms with van der Waals surface area (Å²) >= 11 is 0. The summed E-state index contributed by atoms with van der Waals surface area (Å²) in [6.45, 7) is 4.46. The second-order valence-electron chi connectivity index (χ2n) is 7.39. The van der Waals surface area contributed by atoms with Gasteiger partial charge in [0.05, 0.1) is 24.8 Å². The zero-order chi connectivity index (χ0) is 23.4. The summed E-state index contributed by atoms with van der Waals surface area (Å²) in [6, 6.07) is 11.9. The lowest BCUT2D eigenvalue weighted by molar-refractivity contribution is -0.141. The highest BCUT2D eigenvalue weighted by molar-refractivity contribution is 6.19. The van der Waals surface area contributed by atoms with E-state index < -0.39 is 24.4 Å². The molecule has 0 bridgehead atoms. The lowest BCUT2D eigenvalue weighted by atomic mass is 9.95. The van der Waals surface area contributed by atoms with Crippen molar-refractivity contribution in [2.45, 2.75) is 26.9 Å². The van der Waals surface area contributed by atoms with Crippen LogP contribution in [0.5, 0.6) is 0 Å². The number of furan rings is 1. The lowest BCUT2D eigenvalue weighted by Gasteiger charge is -2.26. The third kappa shape index (κ3) is 4.53. The van der Waals surface area contributed by atoms with Crippen LogP contribution in [-0.4, -0.2) is 47.0 Å². The normalized spacial score (nSPS) is 15.5. The van der Waals surface area contributed by atoms with Crippen molar-refractivity contribution < 1.29 is 28.6 Å². The van der Waals surface area contributed by atoms with Crippen molar-refractivity contribution in [3.05, 3.63) is 64.4 Å². The number of esters is 1. The molecule has 2 amide bonds. The summed E-state index contributed by atoms with van der Waals surface area (Å²) in [6.07, 6.45) is 1.25. The fourth-order valence-electron chi connectivity index (χ4n) is 3.21. The summed E-state index contributed by atoms with van der Waals surface area (Å²) in [5, 5.41) is 18.5. The van der Waals surface area contributed by atoms with E-state index in [1.54, 1.807) is 50.2 Å². The highest BCUT2D eigenvalue weighted by Crippen LogP contribution is 2.29. The molecule has 2 aromatic rings. The van der Waals surface area contributed by atoms with Gasteiger partial charge in [-0.3, -0.25) is 14.5 Å². The number of rotatable bonds is 6. The summed E-state index contributed by atoms with van der Waals surface area (Å²) in [5.41, 5.74) is 1.38. The third-order valence-corrected chi connectivity index (χ3v) is 4.81. The molecule has 0 radical (unpaired) electrons. The van der Waals surface area contributed by atoms with E-state index in [-0.39, 0.29) is 29.4 Å². The summed E-state index contributed by atoms with van der Waals surface area (Å²) in [4.78, 5) is 37.9. The fourth-order valence-corrected chi connectivity index (χ4v) is 3.21. The van der Waals surface area contributed by atoms with Crippen molar-refractivity contribution >= 4 is 23.9 Å². The van der Waals surface area contributed by atoms with Gasteiger partial charge in [-0.05, 0) is 56.7 Å². The van der Waals surface area contributed by atoms with Gasteiger partial charge >= 0.3 is 5.97 Å². The van der Waals surface area contributed by atoms with Crippen molar-refractivity contribution in [1.82, 2.24) is 4.90 Å². The first-order chi connectivity index (χ1) is 15.3. The van der Waals surface area contributed by atoms with Gasteiger partial charge in [-0.15, -0.1) is 0 Å². The maximum atomic E-state index is 12.8. The van der Waals surface area contributed by atoms with E-state index in [0.717, 1.165) is 4.90 Å². The standard InChI is InChI=1S/C24H22N2O6/c1-14(2)31-24(30)17-6-4-16(5-7-17)21-9-8-18(32-21)12-19-15(3)20(13-25)23(29)26(10-11-27)22(19)28/h4-9,12,14,27H,10-11H2,1-3H3/b19-12-. The van der Waals surface area contributed by atoms with Crippen LogP contribution in [0.15, 0.2) is 57.5 Å². The molecule has 1 aromatic heterocycles. The number of β-amino-alcohol motifs (C(OH)–C–C–N with tert-alkyl or cyclic N) is 1. The van der Waals surface area contributed by atoms with Gasteiger partial charge in [0.1, 0.15) is 23.2 Å². The quantitative estimate of drug-likeness (QED) is 0.421. The molecule has 1 N–H and O–H groups in total. The van der Waals surface area contributed by atoms with Crippen LogP contribution in [0.3, 0.4) is 0 Å². The molecule has 3 rings (SSSR count). The van der Waals surface area contributed by atoms with Gasteiger partial charge in [-0.2, -0.15) is 5.26 Å². The smallest absolute Gasteiger partial charge is 0.338 e. The number of benzene rings is 1. The Balaban J connectivity index is 1.90. The molecule has 1 aliphatic rings. The minimum Gasteiger partial charge on any atom is -0.459 e. The molecule has 0 unspecified atom stereocenters. The Labute approximate surface area is 185 Å². The largest absolute Gasteiger partial charge is 0.459 e. The Morgan fingerprint density at radius 1 is 1.19 bits per heavy atom. The number of amides is 2. The average Bonchev–Trinajstić information content (AvgIpc) is 3.23. The molecule has 8 heteroatoms. The molecule has 0 fully saturated rings. The Kier molecular flexibility index (Phi) is 6.71. The van der Waals surface area contributed by atoms with E-state index in [1.165, 1.54) is 13.0 Å². The predicted octanol–water partition coefficient (Wildman–Crippen LogP) is 3.10. The predicted molar refractivity (Wildman–Crippen MR) is 115 cm³/mol. The second kappa shape index (κ2) is 9.45. The number of hydrogen-bond acceptors (Lipinski definition) is 7. The van der Waals surface area contributed by atoms with Crippen molar-refractivity contribution in [1.29, 1.82) is 5.26 Å². The SMILES string of the molecule is CC1=C(C#N)C(=O)N(CCO)C(=O)/C1=C\c1ccc(-c2ccc(C(=O)OC(C)C)cc2)o1. The van der Waals surface area contributed by atoms with Gasteiger partial charge in [0.15, 0.2) is 0 Å². The zero-order valence-electron chi connectivity index (χ0n) is 17.9. The molecule has 2 heterocycles. The first-order valence-corrected chi connectivity index (χ1v) is 9.98. The lowest BCUT2D eigenvalue weighted by Crippen LogP contribution is -2.44. The molecule has 164 valence electrons. The monoisotopic (exact) mass is 434 g/mol. The van der Waals surface area contributed by atoms with Crippen LogP contribution in [0, 0.1) is 11.3 Å². The van der Waals surface area contributed by atoms with E-state index in [2.05, 4.69) is 0 Å². The minimum atomic E-state index is -0.725. The molecule has 0 aliphatic carbocycles. The Morgan fingerprint density at radius 2 is 1.88 bits per heavy atom. The molecule has 0 spiro atoms. The molecule has 0 saturated carbocycles. The van der Waals surface area contributed by atoms with E-state index in [9.17, 15) is 19.6 Å². The van der Waals surface area contributed by atoms with Crippen LogP contribution in [0.4, 0.5) is 0 Å². The molecule has 1 aromatic carbocycles. The minimum absolute atomic E-state index is 0.141. The van der Waals surface area contributed by atoms with Crippen LogP contribution in [0.2, 0.25) is 0 Å². The van der Waals surface area contributed by atoms with Crippen LogP contribution in [0.25, 0.3) is 17.4 Å². The summed E-state index contributed by atoms with van der Waals surface area (Å²) in [5.74, 6) is -0.885. The number of ether oxygens (including phenoxy) is 1. The summed E-state index contributed by atoms with van der Waals surface area (Å²) in [7, 11) is 0. The van der Waals surface area contributed by atoms with Gasteiger partial charge in [-0.1, -0.05) is 12.1 Å². The van der Waals surface area contributed by atoms with E-state index in [0.29, 0.717) is 22.6 Å². The molecule has 1 aliphatic heterocycles. The topological polar surface area (TPSA) is 121 Å². The number of aliphatic hydroxyl groups excluding tert-OH is 1. The van der Waals surface area contributed by atoms with E-state index >= 15 is 0 Å². The zero-order valence-corrected chi connectivity index (χ0v) is 17.9. The maximum Gasteiger partial charge on any atom is 0.338 e. The number of nitrogens with zero attached hydrogens (tertiary/aromatic N) is 2. The highest BCUT2D eigenvalue weighted by Gasteiger charge is 2.35. The first-order valence-electron chi connectivity index (χ1n) is 9.98. The molecular weight excluding hydrogens is 412 g/mol. The number of hydrogen-bond donors (Lipinski definition) is 1. The van der Waals surface area contributed by atoms with Crippen molar-refractivity contribution in [2.75, 3.05) is 13.2 Å². The second-order valence-corrected chi connectivity index (χ2v) is 7.39. The molecular formula is C24H22N2O6. The number of aliphatic hydroxyl groups is 1. The average molecular weight is 434 g/mol. The number of nitriles is 1. The Morgan fingerprint density at radius 3 is 2.47 bits per heavy atom. The van der Waals surface area contributed by atoms with E-state index in [1.807, 2.05) is 6.07 Å². The highest BCUT2D eigenvalue weighted by atomic mass is 16.5. The Hall–Kier alpha value is -3.96. The molecule has 8 nitrogen and oxygen atoms in total. The van der Waals surface area contributed by atoms with E-state index in [4.69, 9.17) is 14.3 Å². The van der Waals surface area contributed by atoms with Crippen LogP contribution < -0.4 is 0 Å². The summed E-state index contributed by atoms with van der Waals surface area (Å²) < 4.78 is 11.0. The number of imide groups is 1. The van der Waals surface area contributed by atoms with Gasteiger partial charge in [-0.25, -0.2) is 4.79 Å². The maximum absolute atomic E-state index is 12.8. The van der Waals surface area contributed by atoms with Crippen molar-refractivity contribution in [3.8, 4) is 17.4 Å². The molecule has 0 saturated heterocycles. The van der Waals surface area contributed by atoms with Gasteiger partial charge in [0.25, 0.3) is 11.8 Å². The van der Waals surface area contributed by atoms with Crippen LogP contribution >= 0.6 is 0 Å². The number of carbonyl (C=O) groups excluding carboxylic acids is 3. The molecule has 0 atom stereocenters. The van der Waals surface area contributed by atoms with Crippen molar-refractivity contribution in [2.24, 2.45) is 0 Å². The first kappa shape index (κ1) is 22.7. The van der Waals surface area contributed by atoms with Crippen LogP contribution in [0.1, 0.15) is 36.9 Å². The Bertz CT molecular complexity index is 1160. The third-order valence-electron chi connectivity index (χ3n) is 4.81. The van der Waals surface area contributed by atoms with Gasteiger partial charge in [0.2, 0.25) is 0 Å². The number of carbonyl (C=O) groups is 3. The van der Waals surface area contributed by atoms with Crippen LogP contribution in [-0.2, 0) is 14.3 Å². The van der Waals surface area contributed by atoms with Gasteiger partial charge < -0.3 is 14.3 Å².